The summed E-state index contributed by atoms with van der Waals surface area (Å²) in [7, 11) is 0. The van der Waals surface area contributed by atoms with Gasteiger partial charge in [-0.2, -0.15) is 0 Å². The molecule has 0 saturated carbocycles. The summed E-state index contributed by atoms with van der Waals surface area (Å²) in [6.07, 6.45) is 16.5. The predicted octanol–water partition coefficient (Wildman–Crippen LogP) is 4.63. The minimum absolute atomic E-state index is 0.708. The van der Waals surface area contributed by atoms with E-state index >= 15 is 0 Å². The van der Waals surface area contributed by atoms with Crippen molar-refractivity contribution in [3.8, 4) is 5.75 Å². The third-order valence-corrected chi connectivity index (χ3v) is 3.06. The SMILES string of the molecule is CCc1ccc(OCCC2=C\C=C/C=C/C=C\2)cc1. The van der Waals surface area contributed by atoms with E-state index in [-0.39, 0.29) is 0 Å². The van der Waals surface area contributed by atoms with Crippen LogP contribution in [-0.2, 0) is 6.42 Å². The fourth-order valence-corrected chi connectivity index (χ4v) is 1.88. The number of allylic oxidation sites excluding steroid dienone is 7. The van der Waals surface area contributed by atoms with Crippen molar-refractivity contribution in [3.05, 3.63) is 77.9 Å². The Labute approximate surface area is 115 Å². The van der Waals surface area contributed by atoms with Crippen molar-refractivity contribution in [1.82, 2.24) is 0 Å². The molecule has 0 unspecified atom stereocenters. The molecule has 0 bridgehead atoms. The third kappa shape index (κ3) is 4.63. The number of aryl methyl sites for hydroxylation is 1. The molecule has 0 spiro atoms. The van der Waals surface area contributed by atoms with Gasteiger partial charge in [0.1, 0.15) is 5.75 Å². The van der Waals surface area contributed by atoms with Gasteiger partial charge in [-0.25, -0.2) is 0 Å². The van der Waals surface area contributed by atoms with E-state index in [9.17, 15) is 0 Å². The molecule has 2 rings (SSSR count). The quantitative estimate of drug-likeness (QED) is 0.742. The normalized spacial score (nSPS) is 21.6. The summed E-state index contributed by atoms with van der Waals surface area (Å²) in [6, 6.07) is 8.34. The number of hydrogen-bond donors (Lipinski definition) is 0. The van der Waals surface area contributed by atoms with Crippen molar-refractivity contribution in [3.63, 3.8) is 0 Å². The molecule has 1 aliphatic carbocycles. The lowest BCUT2D eigenvalue weighted by Gasteiger charge is -2.07. The molecule has 1 aliphatic rings. The zero-order chi connectivity index (χ0) is 13.3. The zero-order valence-electron chi connectivity index (χ0n) is 11.4. The van der Waals surface area contributed by atoms with Gasteiger partial charge in [0.2, 0.25) is 0 Å². The number of rotatable bonds is 5. The molecular formula is C18H20O. The summed E-state index contributed by atoms with van der Waals surface area (Å²) in [6.45, 7) is 2.87. The van der Waals surface area contributed by atoms with Crippen molar-refractivity contribution < 1.29 is 4.74 Å². The van der Waals surface area contributed by atoms with Crippen LogP contribution < -0.4 is 4.74 Å². The number of benzene rings is 1. The largest absolute Gasteiger partial charge is 0.493 e. The van der Waals surface area contributed by atoms with Crippen LogP contribution >= 0.6 is 0 Å². The second-order valence-corrected chi connectivity index (χ2v) is 4.47. The first-order valence-electron chi connectivity index (χ1n) is 6.81. The lowest BCUT2D eigenvalue weighted by atomic mass is 10.1. The Hall–Kier alpha value is -2.02. The van der Waals surface area contributed by atoms with Crippen molar-refractivity contribution >= 4 is 0 Å². The van der Waals surface area contributed by atoms with Crippen LogP contribution in [-0.4, -0.2) is 6.61 Å². The molecular weight excluding hydrogens is 232 g/mol. The van der Waals surface area contributed by atoms with E-state index in [0.717, 1.165) is 18.6 Å². The van der Waals surface area contributed by atoms with Crippen molar-refractivity contribution in [2.45, 2.75) is 19.8 Å². The molecule has 0 aliphatic heterocycles. The zero-order valence-corrected chi connectivity index (χ0v) is 11.4. The molecule has 19 heavy (non-hydrogen) atoms. The first-order valence-corrected chi connectivity index (χ1v) is 6.81. The van der Waals surface area contributed by atoms with Gasteiger partial charge < -0.3 is 4.74 Å². The molecule has 0 atom stereocenters. The van der Waals surface area contributed by atoms with Crippen LogP contribution in [0.3, 0.4) is 0 Å². The summed E-state index contributed by atoms with van der Waals surface area (Å²) in [4.78, 5) is 0. The van der Waals surface area contributed by atoms with Gasteiger partial charge in [-0.3, -0.25) is 0 Å². The number of hydrogen-bond acceptors (Lipinski definition) is 1. The Bertz CT molecular complexity index is 501. The van der Waals surface area contributed by atoms with Gasteiger partial charge in [0, 0.05) is 6.42 Å². The fourth-order valence-electron chi connectivity index (χ4n) is 1.88. The molecule has 0 amide bonds. The molecule has 1 aromatic carbocycles. The topological polar surface area (TPSA) is 9.23 Å². The van der Waals surface area contributed by atoms with Gasteiger partial charge in [0.25, 0.3) is 0 Å². The highest BCUT2D eigenvalue weighted by molar-refractivity contribution is 5.31. The van der Waals surface area contributed by atoms with E-state index in [1.165, 1.54) is 11.1 Å². The minimum Gasteiger partial charge on any atom is -0.493 e. The summed E-state index contributed by atoms with van der Waals surface area (Å²) >= 11 is 0. The predicted molar refractivity (Wildman–Crippen MR) is 81.4 cm³/mol. The van der Waals surface area contributed by atoms with Crippen LogP contribution in [0.5, 0.6) is 5.75 Å². The molecule has 1 aromatic rings. The summed E-state index contributed by atoms with van der Waals surface area (Å²) in [5.41, 5.74) is 2.63. The molecule has 0 fully saturated rings. The van der Waals surface area contributed by atoms with E-state index in [4.69, 9.17) is 4.74 Å². The minimum atomic E-state index is 0.708. The Morgan fingerprint density at radius 3 is 2.42 bits per heavy atom. The van der Waals surface area contributed by atoms with Crippen LogP contribution in [0, 0.1) is 0 Å². The van der Waals surface area contributed by atoms with Crippen molar-refractivity contribution in [2.24, 2.45) is 0 Å². The van der Waals surface area contributed by atoms with Crippen LogP contribution in [0.4, 0.5) is 0 Å². The summed E-state index contributed by atoms with van der Waals surface area (Å²) in [5, 5.41) is 0. The second kappa shape index (κ2) is 7.42. The van der Waals surface area contributed by atoms with E-state index in [1.807, 2.05) is 30.4 Å². The van der Waals surface area contributed by atoms with E-state index in [1.54, 1.807) is 0 Å². The first kappa shape index (κ1) is 13.4. The van der Waals surface area contributed by atoms with E-state index in [2.05, 4.69) is 43.4 Å². The average molecular weight is 252 g/mol. The van der Waals surface area contributed by atoms with Crippen LogP contribution in [0.2, 0.25) is 0 Å². The van der Waals surface area contributed by atoms with Gasteiger partial charge in [-0.1, -0.05) is 61.6 Å². The molecule has 0 radical (unpaired) electrons. The maximum absolute atomic E-state index is 5.76. The maximum Gasteiger partial charge on any atom is 0.119 e. The number of ether oxygens (including phenoxy) is 1. The van der Waals surface area contributed by atoms with Gasteiger partial charge in [-0.15, -0.1) is 0 Å². The van der Waals surface area contributed by atoms with Crippen LogP contribution in [0.25, 0.3) is 0 Å². The second-order valence-electron chi connectivity index (χ2n) is 4.47. The highest BCUT2D eigenvalue weighted by Crippen LogP contribution is 2.14. The molecule has 0 heterocycles. The average Bonchev–Trinajstić information content (AvgIpc) is 2.42. The molecule has 1 heteroatoms. The van der Waals surface area contributed by atoms with Crippen LogP contribution in [0.15, 0.2) is 72.4 Å². The van der Waals surface area contributed by atoms with Gasteiger partial charge in [0.05, 0.1) is 6.61 Å². The maximum atomic E-state index is 5.76. The third-order valence-electron chi connectivity index (χ3n) is 3.06. The molecule has 0 saturated heterocycles. The van der Waals surface area contributed by atoms with E-state index in [0.29, 0.717) is 6.61 Å². The fraction of sp³-hybridized carbons (Fsp3) is 0.222. The standard InChI is InChI=1S/C18H20O/c1-2-16-10-12-18(13-11-16)19-15-14-17-8-6-4-3-5-7-9-17/h3-13H,2,14-15H2,1H3/b4-3+,5-3?,6-4?,7-5-,8-6-,9-7?,17-8?,17-9-. The smallest absolute Gasteiger partial charge is 0.119 e. The Kier molecular flexibility index (Phi) is 5.24. The summed E-state index contributed by atoms with van der Waals surface area (Å²) < 4.78 is 5.76. The van der Waals surface area contributed by atoms with Crippen LogP contribution in [0.1, 0.15) is 18.9 Å². The Balaban J connectivity index is 1.82. The van der Waals surface area contributed by atoms with Gasteiger partial charge in [-0.05, 0) is 29.7 Å². The molecule has 1 nitrogen and oxygen atoms in total. The first-order chi connectivity index (χ1) is 9.38. The molecule has 98 valence electrons. The highest BCUT2D eigenvalue weighted by atomic mass is 16.5. The lowest BCUT2D eigenvalue weighted by molar-refractivity contribution is 0.322. The summed E-state index contributed by atoms with van der Waals surface area (Å²) in [5.74, 6) is 0.947. The van der Waals surface area contributed by atoms with Gasteiger partial charge in [0.15, 0.2) is 0 Å². The highest BCUT2D eigenvalue weighted by Gasteiger charge is 1.96. The lowest BCUT2D eigenvalue weighted by Crippen LogP contribution is -1.98. The van der Waals surface area contributed by atoms with Crippen molar-refractivity contribution in [1.29, 1.82) is 0 Å². The van der Waals surface area contributed by atoms with E-state index < -0.39 is 0 Å². The molecule has 0 N–H and O–H groups in total. The monoisotopic (exact) mass is 252 g/mol. The Morgan fingerprint density at radius 2 is 1.63 bits per heavy atom. The molecule has 0 aromatic heterocycles. The van der Waals surface area contributed by atoms with Crippen molar-refractivity contribution in [2.75, 3.05) is 6.61 Å². The Morgan fingerprint density at radius 1 is 0.895 bits per heavy atom. The van der Waals surface area contributed by atoms with Gasteiger partial charge >= 0.3 is 0 Å².